The normalized spacial score (nSPS) is 22.3. The van der Waals surface area contributed by atoms with E-state index >= 15 is 0 Å². The van der Waals surface area contributed by atoms with E-state index in [4.69, 9.17) is 4.74 Å². The Morgan fingerprint density at radius 3 is 2.94 bits per heavy atom. The van der Waals surface area contributed by atoms with Crippen molar-refractivity contribution < 1.29 is 4.74 Å². The molecule has 1 aromatic carbocycles. The Kier molecular flexibility index (Phi) is 2.80. The molecule has 0 amide bonds. The summed E-state index contributed by atoms with van der Waals surface area (Å²) in [6.45, 7) is 0. The van der Waals surface area contributed by atoms with E-state index in [2.05, 4.69) is 22.4 Å². The van der Waals surface area contributed by atoms with Crippen molar-refractivity contribution in [2.75, 3.05) is 7.05 Å². The van der Waals surface area contributed by atoms with Crippen molar-refractivity contribution in [3.8, 4) is 5.75 Å². The fourth-order valence-electron chi connectivity index (χ4n) is 2.55. The van der Waals surface area contributed by atoms with Crippen LogP contribution in [0.2, 0.25) is 0 Å². The van der Waals surface area contributed by atoms with Gasteiger partial charge in [-0.2, -0.15) is 0 Å². The highest BCUT2D eigenvalue weighted by Gasteiger charge is 2.29. The molecular formula is C14H17N3O. The molecule has 3 rings (SSSR count). The van der Waals surface area contributed by atoms with Crippen molar-refractivity contribution in [2.24, 2.45) is 7.05 Å². The van der Waals surface area contributed by atoms with Gasteiger partial charge in [-0.15, -0.1) is 0 Å². The van der Waals surface area contributed by atoms with Gasteiger partial charge in [-0.25, -0.2) is 4.98 Å². The number of hydrogen-bond donors (Lipinski definition) is 1. The molecule has 2 unspecified atom stereocenters. The van der Waals surface area contributed by atoms with Gasteiger partial charge >= 0.3 is 0 Å². The standard InChI is InChI=1S/C14H17N3O/c1-15-11-7-14(12-8-16-9-17(12)2)18-13-6-4-3-5-10(11)13/h3-6,8-9,11,14-15H,7H2,1-2H3. The van der Waals surface area contributed by atoms with Gasteiger partial charge in [0, 0.05) is 25.1 Å². The molecule has 4 heteroatoms. The number of nitrogens with one attached hydrogen (secondary N) is 1. The van der Waals surface area contributed by atoms with Gasteiger partial charge in [0.2, 0.25) is 0 Å². The second-order valence-electron chi connectivity index (χ2n) is 4.65. The highest BCUT2D eigenvalue weighted by molar-refractivity contribution is 5.38. The number of fused-ring (bicyclic) bond motifs is 1. The summed E-state index contributed by atoms with van der Waals surface area (Å²) in [5.41, 5.74) is 2.35. The molecule has 2 atom stereocenters. The van der Waals surface area contributed by atoms with Crippen LogP contribution in [0.4, 0.5) is 0 Å². The lowest BCUT2D eigenvalue weighted by molar-refractivity contribution is 0.147. The fraction of sp³-hybridized carbons (Fsp3) is 0.357. The molecule has 0 saturated carbocycles. The first-order chi connectivity index (χ1) is 8.79. The lowest BCUT2D eigenvalue weighted by Crippen LogP contribution is -2.27. The van der Waals surface area contributed by atoms with Gasteiger partial charge in [0.05, 0.1) is 18.2 Å². The molecule has 2 heterocycles. The van der Waals surface area contributed by atoms with Crippen LogP contribution in [-0.4, -0.2) is 16.6 Å². The van der Waals surface area contributed by atoms with Gasteiger partial charge in [-0.05, 0) is 13.1 Å². The molecule has 1 aliphatic heterocycles. The average molecular weight is 243 g/mol. The summed E-state index contributed by atoms with van der Waals surface area (Å²) in [7, 11) is 3.99. The largest absolute Gasteiger partial charge is 0.484 e. The first kappa shape index (κ1) is 11.3. The van der Waals surface area contributed by atoms with Crippen molar-refractivity contribution in [3.05, 3.63) is 48.0 Å². The molecule has 1 aromatic heterocycles. The van der Waals surface area contributed by atoms with E-state index in [1.807, 2.05) is 43.3 Å². The van der Waals surface area contributed by atoms with E-state index in [-0.39, 0.29) is 6.10 Å². The van der Waals surface area contributed by atoms with Gasteiger partial charge < -0.3 is 14.6 Å². The summed E-state index contributed by atoms with van der Waals surface area (Å²) in [6.07, 6.45) is 4.68. The molecule has 0 radical (unpaired) electrons. The topological polar surface area (TPSA) is 39.1 Å². The van der Waals surface area contributed by atoms with Gasteiger partial charge in [0.25, 0.3) is 0 Å². The fourth-order valence-corrected chi connectivity index (χ4v) is 2.55. The second-order valence-corrected chi connectivity index (χ2v) is 4.65. The lowest BCUT2D eigenvalue weighted by Gasteiger charge is -2.32. The van der Waals surface area contributed by atoms with Crippen LogP contribution in [0.25, 0.3) is 0 Å². The zero-order valence-electron chi connectivity index (χ0n) is 10.6. The van der Waals surface area contributed by atoms with Crippen LogP contribution < -0.4 is 10.1 Å². The van der Waals surface area contributed by atoms with Crippen molar-refractivity contribution in [1.29, 1.82) is 0 Å². The number of rotatable bonds is 2. The third-order valence-corrected chi connectivity index (χ3v) is 3.55. The number of para-hydroxylation sites is 1. The number of benzene rings is 1. The molecule has 2 aromatic rings. The summed E-state index contributed by atoms with van der Waals surface area (Å²) in [6, 6.07) is 8.54. The molecule has 0 bridgehead atoms. The summed E-state index contributed by atoms with van der Waals surface area (Å²) in [4.78, 5) is 4.17. The van der Waals surface area contributed by atoms with Crippen LogP contribution in [0.5, 0.6) is 5.75 Å². The maximum Gasteiger partial charge on any atom is 0.142 e. The highest BCUT2D eigenvalue weighted by atomic mass is 16.5. The van der Waals surface area contributed by atoms with Gasteiger partial charge in [-0.3, -0.25) is 0 Å². The first-order valence-electron chi connectivity index (χ1n) is 6.18. The van der Waals surface area contributed by atoms with Crippen LogP contribution in [-0.2, 0) is 7.05 Å². The van der Waals surface area contributed by atoms with Crippen molar-refractivity contribution in [2.45, 2.75) is 18.6 Å². The zero-order valence-corrected chi connectivity index (χ0v) is 10.6. The minimum atomic E-state index is 0.0600. The van der Waals surface area contributed by atoms with Crippen LogP contribution >= 0.6 is 0 Å². The van der Waals surface area contributed by atoms with E-state index < -0.39 is 0 Å². The Labute approximate surface area is 107 Å². The second kappa shape index (κ2) is 4.46. The first-order valence-corrected chi connectivity index (χ1v) is 6.18. The van der Waals surface area contributed by atoms with Crippen molar-refractivity contribution in [1.82, 2.24) is 14.9 Å². The smallest absolute Gasteiger partial charge is 0.142 e. The van der Waals surface area contributed by atoms with Crippen LogP contribution in [0.1, 0.15) is 29.8 Å². The Balaban J connectivity index is 1.97. The molecule has 1 aliphatic rings. The number of hydrogen-bond acceptors (Lipinski definition) is 3. The quantitative estimate of drug-likeness (QED) is 0.879. The summed E-state index contributed by atoms with van der Waals surface area (Å²) >= 11 is 0. The molecule has 1 N–H and O–H groups in total. The minimum absolute atomic E-state index is 0.0600. The maximum atomic E-state index is 6.09. The van der Waals surface area contributed by atoms with Gasteiger partial charge in [0.1, 0.15) is 11.9 Å². The SMILES string of the molecule is CNC1CC(c2cncn2C)Oc2ccccc21. The van der Waals surface area contributed by atoms with E-state index in [0.29, 0.717) is 6.04 Å². The van der Waals surface area contributed by atoms with Crippen LogP contribution in [0.3, 0.4) is 0 Å². The van der Waals surface area contributed by atoms with Gasteiger partial charge in [0.15, 0.2) is 0 Å². The number of ether oxygens (including phenoxy) is 1. The van der Waals surface area contributed by atoms with Gasteiger partial charge in [-0.1, -0.05) is 18.2 Å². The summed E-state index contributed by atoms with van der Waals surface area (Å²) in [5, 5.41) is 3.36. The molecule has 4 nitrogen and oxygen atoms in total. The average Bonchev–Trinajstić information content (AvgIpc) is 2.83. The Hall–Kier alpha value is -1.81. The third-order valence-electron chi connectivity index (χ3n) is 3.55. The monoisotopic (exact) mass is 243 g/mol. The molecule has 0 aliphatic carbocycles. The van der Waals surface area contributed by atoms with E-state index in [9.17, 15) is 0 Å². The number of nitrogens with zero attached hydrogens (tertiary/aromatic N) is 2. The molecule has 18 heavy (non-hydrogen) atoms. The predicted octanol–water partition coefficient (Wildman–Crippen LogP) is 2.20. The molecule has 94 valence electrons. The predicted molar refractivity (Wildman–Crippen MR) is 69.4 cm³/mol. The minimum Gasteiger partial charge on any atom is -0.484 e. The molecule has 0 spiro atoms. The number of aromatic nitrogens is 2. The summed E-state index contributed by atoms with van der Waals surface area (Å²) in [5.74, 6) is 0.967. The number of aryl methyl sites for hydroxylation is 1. The van der Waals surface area contributed by atoms with Crippen LogP contribution in [0, 0.1) is 0 Å². The maximum absolute atomic E-state index is 6.09. The van der Waals surface area contributed by atoms with Crippen molar-refractivity contribution in [3.63, 3.8) is 0 Å². The lowest BCUT2D eigenvalue weighted by atomic mass is 9.95. The highest BCUT2D eigenvalue weighted by Crippen LogP contribution is 2.40. The van der Waals surface area contributed by atoms with Crippen molar-refractivity contribution >= 4 is 0 Å². The van der Waals surface area contributed by atoms with E-state index in [0.717, 1.165) is 17.9 Å². The van der Waals surface area contributed by atoms with Crippen LogP contribution in [0.15, 0.2) is 36.8 Å². The van der Waals surface area contributed by atoms with E-state index in [1.165, 1.54) is 5.56 Å². The van der Waals surface area contributed by atoms with E-state index in [1.54, 1.807) is 0 Å². The number of imidazole rings is 1. The Morgan fingerprint density at radius 2 is 2.22 bits per heavy atom. The Bertz CT molecular complexity index is 549. The summed E-state index contributed by atoms with van der Waals surface area (Å²) < 4.78 is 8.11. The Morgan fingerprint density at radius 1 is 1.39 bits per heavy atom. The molecular weight excluding hydrogens is 226 g/mol. The zero-order chi connectivity index (χ0) is 12.5. The third kappa shape index (κ3) is 1.78. The molecule has 0 fully saturated rings. The molecule has 0 saturated heterocycles.